The highest BCUT2D eigenvalue weighted by molar-refractivity contribution is 8.03. The van der Waals surface area contributed by atoms with Crippen LogP contribution >= 0.6 is 11.8 Å². The van der Waals surface area contributed by atoms with Gasteiger partial charge in [0.15, 0.2) is 0 Å². The van der Waals surface area contributed by atoms with Crippen LogP contribution in [-0.2, 0) is 0 Å². The molecule has 0 spiro atoms. The number of thiocyanates is 1. The maximum atomic E-state index is 11.9. The number of thioether (sulfide) groups is 1. The van der Waals surface area contributed by atoms with Crippen molar-refractivity contribution in [2.45, 2.75) is 11.8 Å². The van der Waals surface area contributed by atoms with Crippen LogP contribution in [0, 0.1) is 17.6 Å². The van der Waals surface area contributed by atoms with Gasteiger partial charge in [-0.25, -0.2) is 4.68 Å². The summed E-state index contributed by atoms with van der Waals surface area (Å²) in [5.41, 5.74) is 1.29. The Morgan fingerprint density at radius 2 is 2.06 bits per heavy atom. The average Bonchev–Trinajstić information content (AvgIpc) is 2.59. The van der Waals surface area contributed by atoms with Crippen LogP contribution in [0.3, 0.4) is 0 Å². The van der Waals surface area contributed by atoms with Gasteiger partial charge in [0.25, 0.3) is 5.56 Å². The molecule has 0 saturated heterocycles. The molecule has 4 nitrogen and oxygen atoms in total. The maximum absolute atomic E-state index is 11.9. The van der Waals surface area contributed by atoms with E-state index >= 15 is 0 Å². The standard InChI is InChI=1S/C11H9N3OS/c1-8-10(16-7-12)11(15)14(13-8)9-5-3-2-4-6-9/h2-6,13H,1H3. The van der Waals surface area contributed by atoms with Gasteiger partial charge in [0, 0.05) is 5.69 Å². The molecule has 0 aliphatic rings. The summed E-state index contributed by atoms with van der Waals surface area (Å²) in [5, 5.41) is 13.5. The molecule has 1 aromatic carbocycles. The van der Waals surface area contributed by atoms with Crippen LogP contribution in [0.1, 0.15) is 5.69 Å². The van der Waals surface area contributed by atoms with Crippen molar-refractivity contribution in [1.82, 2.24) is 9.78 Å². The van der Waals surface area contributed by atoms with Crippen molar-refractivity contribution in [2.75, 3.05) is 0 Å². The molecule has 0 bridgehead atoms. The molecule has 0 aliphatic carbocycles. The quantitative estimate of drug-likeness (QED) is 0.635. The van der Waals surface area contributed by atoms with Crippen LogP contribution in [-0.4, -0.2) is 9.78 Å². The first-order chi connectivity index (χ1) is 7.74. The monoisotopic (exact) mass is 231 g/mol. The second-order valence-electron chi connectivity index (χ2n) is 3.24. The molecule has 1 aromatic heterocycles. The number of aromatic amines is 1. The van der Waals surface area contributed by atoms with E-state index in [4.69, 9.17) is 5.26 Å². The average molecular weight is 231 g/mol. The molecule has 0 amide bonds. The zero-order valence-corrected chi connectivity index (χ0v) is 9.41. The van der Waals surface area contributed by atoms with Crippen LogP contribution < -0.4 is 5.56 Å². The molecule has 0 saturated carbocycles. The molecule has 1 heterocycles. The number of benzene rings is 1. The van der Waals surface area contributed by atoms with E-state index in [1.807, 2.05) is 35.7 Å². The van der Waals surface area contributed by atoms with E-state index in [-0.39, 0.29) is 5.56 Å². The number of nitriles is 1. The fourth-order valence-electron chi connectivity index (χ4n) is 1.46. The Balaban J connectivity index is 2.57. The van der Waals surface area contributed by atoms with Crippen molar-refractivity contribution in [2.24, 2.45) is 0 Å². The summed E-state index contributed by atoms with van der Waals surface area (Å²) in [4.78, 5) is 12.4. The number of rotatable bonds is 2. The third-order valence-electron chi connectivity index (χ3n) is 2.18. The third kappa shape index (κ3) is 1.75. The lowest BCUT2D eigenvalue weighted by Crippen LogP contribution is -2.14. The maximum Gasteiger partial charge on any atom is 0.286 e. The molecule has 0 unspecified atom stereocenters. The van der Waals surface area contributed by atoms with Crippen LogP contribution in [0.25, 0.3) is 5.69 Å². The van der Waals surface area contributed by atoms with Crippen molar-refractivity contribution in [3.8, 4) is 11.1 Å². The molecule has 16 heavy (non-hydrogen) atoms. The predicted molar refractivity (Wildman–Crippen MR) is 62.6 cm³/mol. The van der Waals surface area contributed by atoms with Crippen LogP contribution in [0.5, 0.6) is 0 Å². The van der Waals surface area contributed by atoms with Crippen molar-refractivity contribution in [3.05, 3.63) is 46.4 Å². The van der Waals surface area contributed by atoms with Gasteiger partial charge >= 0.3 is 0 Å². The number of para-hydroxylation sites is 1. The van der Waals surface area contributed by atoms with Crippen molar-refractivity contribution in [3.63, 3.8) is 0 Å². The van der Waals surface area contributed by atoms with Crippen LogP contribution in [0.4, 0.5) is 0 Å². The minimum absolute atomic E-state index is 0.185. The normalized spacial score (nSPS) is 10.0. The number of aryl methyl sites for hydroxylation is 1. The number of nitrogens with zero attached hydrogens (tertiary/aromatic N) is 2. The lowest BCUT2D eigenvalue weighted by Gasteiger charge is -1.99. The Morgan fingerprint density at radius 1 is 1.38 bits per heavy atom. The largest absolute Gasteiger partial charge is 0.294 e. The molecule has 0 atom stereocenters. The summed E-state index contributed by atoms with van der Waals surface area (Å²) in [6.07, 6.45) is 0. The molecular weight excluding hydrogens is 222 g/mol. The lowest BCUT2D eigenvalue weighted by atomic mass is 10.3. The van der Waals surface area contributed by atoms with Crippen molar-refractivity contribution >= 4 is 11.8 Å². The molecule has 5 heteroatoms. The molecule has 0 radical (unpaired) electrons. The highest BCUT2D eigenvalue weighted by Gasteiger charge is 2.12. The van der Waals surface area contributed by atoms with Gasteiger partial charge in [0.05, 0.1) is 5.69 Å². The Kier molecular flexibility index (Phi) is 2.84. The highest BCUT2D eigenvalue weighted by Crippen LogP contribution is 2.16. The summed E-state index contributed by atoms with van der Waals surface area (Å²) in [6, 6.07) is 9.26. The van der Waals surface area contributed by atoms with E-state index in [1.54, 1.807) is 6.92 Å². The van der Waals surface area contributed by atoms with Gasteiger partial charge in [-0.15, -0.1) is 0 Å². The van der Waals surface area contributed by atoms with Gasteiger partial charge in [-0.05, 0) is 30.8 Å². The second kappa shape index (κ2) is 4.29. The number of hydrogen-bond donors (Lipinski definition) is 1. The van der Waals surface area contributed by atoms with E-state index in [1.165, 1.54) is 4.68 Å². The summed E-state index contributed by atoms with van der Waals surface area (Å²) >= 11 is 0.885. The molecule has 1 N–H and O–H groups in total. The molecule has 80 valence electrons. The number of hydrogen-bond acceptors (Lipinski definition) is 3. The number of aromatic nitrogens is 2. The Hall–Kier alpha value is -1.93. The first kappa shape index (κ1) is 10.6. The van der Waals surface area contributed by atoms with Crippen molar-refractivity contribution < 1.29 is 0 Å². The SMILES string of the molecule is Cc1[nH]n(-c2ccccc2)c(=O)c1SC#N. The molecule has 2 rings (SSSR count). The molecule has 2 aromatic rings. The second-order valence-corrected chi connectivity index (χ2v) is 4.03. The Labute approximate surface area is 96.5 Å². The van der Waals surface area contributed by atoms with E-state index < -0.39 is 0 Å². The van der Waals surface area contributed by atoms with E-state index in [0.29, 0.717) is 10.6 Å². The Bertz CT molecular complexity index is 592. The molecule has 0 fully saturated rings. The van der Waals surface area contributed by atoms with Crippen LogP contribution in [0.2, 0.25) is 0 Å². The van der Waals surface area contributed by atoms with Gasteiger partial charge in [-0.2, -0.15) is 5.26 Å². The van der Waals surface area contributed by atoms with Gasteiger partial charge in [-0.1, -0.05) is 18.2 Å². The first-order valence-electron chi connectivity index (χ1n) is 4.67. The Morgan fingerprint density at radius 3 is 2.69 bits per heavy atom. The molecular formula is C11H9N3OS. The first-order valence-corrected chi connectivity index (χ1v) is 5.48. The number of H-pyrrole nitrogens is 1. The summed E-state index contributed by atoms with van der Waals surface area (Å²) in [5.74, 6) is 0. The van der Waals surface area contributed by atoms with Crippen LogP contribution in [0.15, 0.2) is 40.0 Å². The minimum atomic E-state index is -0.185. The minimum Gasteiger partial charge on any atom is -0.294 e. The van der Waals surface area contributed by atoms with Gasteiger partial charge in [-0.3, -0.25) is 9.89 Å². The van der Waals surface area contributed by atoms with Gasteiger partial charge in [0.2, 0.25) is 0 Å². The highest BCUT2D eigenvalue weighted by atomic mass is 32.2. The van der Waals surface area contributed by atoms with Gasteiger partial charge in [0.1, 0.15) is 10.3 Å². The number of nitrogens with one attached hydrogen (secondary N) is 1. The fourth-order valence-corrected chi connectivity index (χ4v) is 1.92. The topological polar surface area (TPSA) is 61.6 Å². The third-order valence-corrected chi connectivity index (χ3v) is 2.96. The van der Waals surface area contributed by atoms with E-state index in [2.05, 4.69) is 5.10 Å². The van der Waals surface area contributed by atoms with E-state index in [9.17, 15) is 4.79 Å². The smallest absolute Gasteiger partial charge is 0.286 e. The summed E-state index contributed by atoms with van der Waals surface area (Å²) in [6.45, 7) is 1.78. The summed E-state index contributed by atoms with van der Waals surface area (Å²) < 4.78 is 1.44. The fraction of sp³-hybridized carbons (Fsp3) is 0.0909. The van der Waals surface area contributed by atoms with Crippen molar-refractivity contribution in [1.29, 1.82) is 5.26 Å². The zero-order valence-electron chi connectivity index (χ0n) is 8.60. The predicted octanol–water partition coefficient (Wildman–Crippen LogP) is 2.05. The molecule has 0 aliphatic heterocycles. The van der Waals surface area contributed by atoms with E-state index in [0.717, 1.165) is 17.4 Å². The summed E-state index contributed by atoms with van der Waals surface area (Å²) in [7, 11) is 0. The van der Waals surface area contributed by atoms with Gasteiger partial charge < -0.3 is 0 Å². The lowest BCUT2D eigenvalue weighted by molar-refractivity contribution is 0.834. The zero-order chi connectivity index (χ0) is 11.5.